The molecule has 11 rings (SSSR count). The first-order valence-electron chi connectivity index (χ1n) is 20.6. The zero-order chi connectivity index (χ0) is 50.3. The summed E-state index contributed by atoms with van der Waals surface area (Å²) in [5.41, 5.74) is 13.1. The van der Waals surface area contributed by atoms with E-state index in [2.05, 4.69) is 40.6 Å². The Morgan fingerprint density at radius 2 is 1.13 bits per heavy atom. The van der Waals surface area contributed by atoms with Crippen LogP contribution in [0.3, 0.4) is 0 Å². The van der Waals surface area contributed by atoms with Crippen LogP contribution in [0, 0.1) is 5.82 Å². The molecule has 0 aliphatic rings. The van der Waals surface area contributed by atoms with Gasteiger partial charge in [0.1, 0.15) is 20.8 Å². The summed E-state index contributed by atoms with van der Waals surface area (Å²) < 4.78 is 113. The molecule has 0 amide bonds. The molecule has 0 radical (unpaired) electrons. The average Bonchev–Trinajstić information content (AvgIpc) is 4.15. The van der Waals surface area contributed by atoms with Gasteiger partial charge in [-0.3, -0.25) is 29.0 Å². The van der Waals surface area contributed by atoms with E-state index in [-0.39, 0.29) is 20.4 Å². The highest BCUT2D eigenvalue weighted by atomic mass is 79.9. The highest BCUT2D eigenvalue weighted by Gasteiger charge is 2.35. The molecule has 0 saturated carbocycles. The number of hydrogen-bond donors (Lipinski definition) is 3. The van der Waals surface area contributed by atoms with E-state index in [1.165, 1.54) is 23.5 Å². The topological polar surface area (TPSA) is 187 Å². The molecular weight excluding hydrogens is 1100 g/mol. The zero-order valence-corrected chi connectivity index (χ0v) is 42.7. The van der Waals surface area contributed by atoms with Crippen LogP contribution < -0.4 is 20.5 Å². The molecule has 362 valence electrons. The molecule has 23 heteroatoms. The molecule has 0 fully saturated rings. The Morgan fingerprint density at radius 1 is 0.592 bits per heavy atom. The van der Waals surface area contributed by atoms with Crippen molar-refractivity contribution in [2.75, 3.05) is 20.5 Å². The number of anilines is 4. The van der Waals surface area contributed by atoms with Gasteiger partial charge >= 0.3 is 6.18 Å². The minimum absolute atomic E-state index is 0.00125. The van der Waals surface area contributed by atoms with Crippen molar-refractivity contribution in [1.82, 2.24) is 19.9 Å². The van der Waals surface area contributed by atoms with E-state index >= 15 is 0 Å². The lowest BCUT2D eigenvalue weighted by atomic mass is 10.1. The first-order valence-corrected chi connectivity index (χ1v) is 27.5. The molecule has 71 heavy (non-hydrogen) atoms. The third-order valence-corrected chi connectivity index (χ3v) is 18.3. The monoisotopic (exact) mass is 1130 g/mol. The van der Waals surface area contributed by atoms with Gasteiger partial charge in [0.15, 0.2) is 0 Å². The molecular formula is C48H35BrF4N8O4S6. The van der Waals surface area contributed by atoms with E-state index in [0.29, 0.717) is 22.7 Å². The number of nitrogens with two attached hydrogens (primary N) is 2. The van der Waals surface area contributed by atoms with E-state index in [1.807, 2.05) is 42.5 Å². The lowest BCUT2D eigenvalue weighted by molar-refractivity contribution is -0.140. The summed E-state index contributed by atoms with van der Waals surface area (Å²) in [5, 5.41) is 2.47. The van der Waals surface area contributed by atoms with Gasteiger partial charge in [0.05, 0.1) is 72.2 Å². The van der Waals surface area contributed by atoms with Crippen LogP contribution in [0.1, 0.15) is 11.1 Å². The Bertz CT molecular complexity index is 3740. The van der Waals surface area contributed by atoms with Crippen LogP contribution in [0.25, 0.3) is 40.9 Å². The maximum absolute atomic E-state index is 13.7. The fraction of sp³-hybridized carbons (Fsp3) is 0.0417. The van der Waals surface area contributed by atoms with Crippen LogP contribution in [0.5, 0.6) is 0 Å². The second-order valence-electron chi connectivity index (χ2n) is 14.7. The van der Waals surface area contributed by atoms with Gasteiger partial charge in [-0.15, -0.1) is 45.3 Å². The van der Waals surface area contributed by atoms with Gasteiger partial charge in [0.2, 0.25) is 0 Å². The van der Waals surface area contributed by atoms with Crippen molar-refractivity contribution in [2.45, 2.75) is 22.5 Å². The first kappa shape index (κ1) is 50.8. The first-order chi connectivity index (χ1) is 34.0. The third kappa shape index (κ3) is 12.3. The van der Waals surface area contributed by atoms with Gasteiger partial charge in [0, 0.05) is 24.8 Å². The number of rotatable bonds is 8. The molecule has 8 heterocycles. The van der Waals surface area contributed by atoms with Gasteiger partial charge in [-0.25, -0.2) is 21.2 Å². The molecule has 8 aromatic heterocycles. The number of halogens is 5. The maximum Gasteiger partial charge on any atom is 0.419 e. The van der Waals surface area contributed by atoms with Crippen LogP contribution in [-0.4, -0.2) is 36.8 Å². The number of sulfonamides is 2. The molecule has 0 aliphatic carbocycles. The molecule has 3 aromatic carbocycles. The fourth-order valence-electron chi connectivity index (χ4n) is 6.55. The number of nitrogens with one attached hydrogen (secondary N) is 1. The summed E-state index contributed by atoms with van der Waals surface area (Å²) in [6, 6.07) is 38.6. The molecule has 0 atom stereocenters. The molecule has 11 aromatic rings. The summed E-state index contributed by atoms with van der Waals surface area (Å²) in [7, 11) is -7.65. The molecule has 5 N–H and O–H groups in total. The lowest BCUT2D eigenvalue weighted by Crippen LogP contribution is -2.30. The van der Waals surface area contributed by atoms with Gasteiger partial charge in [-0.1, -0.05) is 42.5 Å². The summed E-state index contributed by atoms with van der Waals surface area (Å²) >= 11 is 9.00. The molecule has 12 nitrogen and oxygen atoms in total. The van der Waals surface area contributed by atoms with Crippen molar-refractivity contribution in [1.29, 1.82) is 0 Å². The number of hydrogen-bond acceptors (Lipinski definition) is 14. The molecule has 0 saturated heterocycles. The Morgan fingerprint density at radius 3 is 1.69 bits per heavy atom. The van der Waals surface area contributed by atoms with E-state index in [9.17, 15) is 34.4 Å². The van der Waals surface area contributed by atoms with Crippen LogP contribution in [0.2, 0.25) is 0 Å². The third-order valence-electron chi connectivity index (χ3n) is 9.81. The van der Waals surface area contributed by atoms with Crippen molar-refractivity contribution >= 4 is 142 Å². The van der Waals surface area contributed by atoms with E-state index in [1.54, 1.807) is 120 Å². The van der Waals surface area contributed by atoms with Gasteiger partial charge in [-0.05, 0) is 125 Å². The number of alkyl halides is 3. The number of benzene rings is 3. The second kappa shape index (κ2) is 21.8. The fourth-order valence-corrected chi connectivity index (χ4v) is 13.8. The van der Waals surface area contributed by atoms with E-state index in [4.69, 9.17) is 11.5 Å². The van der Waals surface area contributed by atoms with Crippen LogP contribution >= 0.6 is 61.3 Å². The number of nitrogens with zero attached hydrogens (tertiary/aromatic N) is 5. The Kier molecular flexibility index (Phi) is 15.6. The quantitative estimate of drug-likeness (QED) is 0.124. The highest BCUT2D eigenvalue weighted by Crippen LogP contribution is 2.38. The Labute approximate surface area is 428 Å². The van der Waals surface area contributed by atoms with Crippen molar-refractivity contribution in [3.8, 4) is 0 Å². The Balaban J connectivity index is 0.000000142. The van der Waals surface area contributed by atoms with Crippen molar-refractivity contribution in [3.05, 3.63) is 192 Å². The highest BCUT2D eigenvalue weighted by molar-refractivity contribution is 9.10. The molecule has 0 spiro atoms. The van der Waals surface area contributed by atoms with E-state index < -0.39 is 44.1 Å². The summed E-state index contributed by atoms with van der Waals surface area (Å²) in [4.78, 5) is 16.9. The summed E-state index contributed by atoms with van der Waals surface area (Å²) in [6.07, 6.45) is 1.88. The number of aromatic nitrogens is 4. The summed E-state index contributed by atoms with van der Waals surface area (Å²) in [6.45, 7) is -0.409. The van der Waals surface area contributed by atoms with Gasteiger partial charge in [-0.2, -0.15) is 13.2 Å². The standard InChI is InChI=1S/C21H14F4N2O2S2.C13H10N2O2S2.C7H5BrN2S.C7H6N2S/c22-17-9-8-14(11-16(17)21(23,24)25)13-27(31(28,29)15-5-2-1-3-6-15)20-12-18-19(30-20)7-4-10-26-18;16-19(17,10-5-2-1-3-6-10)15-13-9-11-12(18-13)7-4-8-14-11;8-5-6-4(11-7(5)9)2-1-3-10-6;8-7-4-5-6(10-7)2-1-3-9-5/h1-12H,13H2;1-9,15H;1-3H,9H2;1-4H,8H2. The molecule has 0 bridgehead atoms. The molecule has 0 aliphatic heterocycles. The number of nitrogen functional groups attached to an aromatic ring is 2. The predicted octanol–water partition coefficient (Wildman–Crippen LogP) is 13.5. The average molecular weight is 1140 g/mol. The minimum atomic E-state index is -4.90. The largest absolute Gasteiger partial charge is 0.419 e. The van der Waals surface area contributed by atoms with Crippen LogP contribution in [0.15, 0.2) is 185 Å². The van der Waals surface area contributed by atoms with Gasteiger partial charge < -0.3 is 11.5 Å². The van der Waals surface area contributed by atoms with Crippen LogP contribution in [0.4, 0.5) is 37.6 Å². The molecule has 0 unspecified atom stereocenters. The van der Waals surface area contributed by atoms with Gasteiger partial charge in [0.25, 0.3) is 20.0 Å². The Hall–Kier alpha value is -6.60. The van der Waals surface area contributed by atoms with Crippen molar-refractivity contribution in [2.24, 2.45) is 0 Å². The minimum Gasteiger partial charge on any atom is -0.391 e. The smallest absolute Gasteiger partial charge is 0.391 e. The lowest BCUT2D eigenvalue weighted by Gasteiger charge is -2.23. The number of pyridine rings is 4. The SMILES string of the molecule is Nc1cc2ncccc2s1.Nc1sc2cccnc2c1Br.O=S(=O)(Nc1cc2ncccc2s1)c1ccccc1.O=S(=O)(c1ccccc1)N(Cc1ccc(F)c(C(F)(F)F)c1)c1cc2ncccc2s1. The van der Waals surface area contributed by atoms with Crippen molar-refractivity contribution < 1.29 is 34.4 Å². The summed E-state index contributed by atoms with van der Waals surface area (Å²) in [5.74, 6) is -1.42. The maximum atomic E-state index is 13.7. The number of thiophene rings is 4. The van der Waals surface area contributed by atoms with Crippen molar-refractivity contribution in [3.63, 3.8) is 0 Å². The van der Waals surface area contributed by atoms with E-state index in [0.717, 1.165) is 71.5 Å². The zero-order valence-electron chi connectivity index (χ0n) is 36.2. The predicted molar refractivity (Wildman–Crippen MR) is 283 cm³/mol. The van der Waals surface area contributed by atoms with Crippen LogP contribution in [-0.2, 0) is 32.8 Å². The second-order valence-corrected chi connectivity index (χ2v) is 23.4. The number of fused-ring (bicyclic) bond motifs is 4. The normalized spacial score (nSPS) is 11.6.